The molecule has 2 rings (SSSR count). The number of nitrogens with two attached hydrogens (primary N) is 1. The molecule has 0 aliphatic heterocycles. The zero-order chi connectivity index (χ0) is 13.7. The maximum absolute atomic E-state index is 11.9. The Labute approximate surface area is 114 Å². The Hall–Kier alpha value is -1.71. The van der Waals surface area contributed by atoms with Crippen molar-refractivity contribution in [2.24, 2.45) is 0 Å². The molecule has 1 fully saturated rings. The van der Waals surface area contributed by atoms with E-state index < -0.39 is 0 Å². The molecule has 104 valence electrons. The number of amides is 1. The summed E-state index contributed by atoms with van der Waals surface area (Å²) in [6, 6.07) is 5.85. The van der Waals surface area contributed by atoms with Crippen LogP contribution < -0.4 is 16.4 Å². The molecule has 1 aliphatic carbocycles. The summed E-state index contributed by atoms with van der Waals surface area (Å²) in [5.74, 6) is -0.0215. The fourth-order valence-corrected chi connectivity index (χ4v) is 1.96. The molecule has 4 nitrogen and oxygen atoms in total. The highest BCUT2D eigenvalue weighted by Crippen LogP contribution is 2.22. The molecular weight excluding hydrogens is 238 g/mol. The van der Waals surface area contributed by atoms with Gasteiger partial charge in [-0.2, -0.15) is 0 Å². The first-order chi connectivity index (χ1) is 9.20. The van der Waals surface area contributed by atoms with Gasteiger partial charge in [0.25, 0.3) is 5.91 Å². The number of carbonyl (C=O) groups excluding carboxylic acids is 1. The van der Waals surface area contributed by atoms with Crippen LogP contribution >= 0.6 is 0 Å². The predicted octanol–water partition coefficient (Wildman–Crippen LogP) is 2.76. The van der Waals surface area contributed by atoms with E-state index in [2.05, 4.69) is 17.6 Å². The lowest BCUT2D eigenvalue weighted by Crippen LogP contribution is -2.25. The second-order valence-corrected chi connectivity index (χ2v) is 5.18. The Morgan fingerprint density at radius 1 is 1.37 bits per heavy atom. The molecule has 0 heterocycles. The summed E-state index contributed by atoms with van der Waals surface area (Å²) in [7, 11) is 0. The van der Waals surface area contributed by atoms with Gasteiger partial charge in [-0.3, -0.25) is 4.79 Å². The molecule has 1 aliphatic rings. The molecule has 0 spiro atoms. The first-order valence-electron chi connectivity index (χ1n) is 7.15. The molecule has 0 atom stereocenters. The molecule has 0 unspecified atom stereocenters. The molecule has 4 N–H and O–H groups in total. The third-order valence-corrected chi connectivity index (χ3v) is 3.32. The number of carbonyl (C=O) groups is 1. The van der Waals surface area contributed by atoms with Crippen LogP contribution in [0, 0.1) is 0 Å². The summed E-state index contributed by atoms with van der Waals surface area (Å²) in [4.78, 5) is 11.9. The molecule has 1 aromatic carbocycles. The highest BCUT2D eigenvalue weighted by Gasteiger charge is 2.23. The van der Waals surface area contributed by atoms with E-state index in [1.54, 1.807) is 6.07 Å². The van der Waals surface area contributed by atoms with Crippen molar-refractivity contribution < 1.29 is 4.79 Å². The number of hydrogen-bond donors (Lipinski definition) is 3. The van der Waals surface area contributed by atoms with Crippen LogP contribution in [0.25, 0.3) is 0 Å². The van der Waals surface area contributed by atoms with Crippen molar-refractivity contribution >= 4 is 17.3 Å². The molecule has 0 saturated heterocycles. The molecule has 0 aromatic heterocycles. The van der Waals surface area contributed by atoms with Gasteiger partial charge in [0.15, 0.2) is 0 Å². The van der Waals surface area contributed by atoms with E-state index in [0.29, 0.717) is 17.3 Å². The number of rotatable bonds is 7. The van der Waals surface area contributed by atoms with Crippen molar-refractivity contribution in [1.29, 1.82) is 0 Å². The summed E-state index contributed by atoms with van der Waals surface area (Å²) < 4.78 is 0. The molecule has 1 saturated carbocycles. The number of benzene rings is 1. The Kier molecular flexibility index (Phi) is 4.66. The highest BCUT2D eigenvalue weighted by atomic mass is 16.1. The van der Waals surface area contributed by atoms with Crippen molar-refractivity contribution in [3.8, 4) is 0 Å². The molecule has 19 heavy (non-hydrogen) atoms. The number of nitrogens with one attached hydrogen (secondary N) is 2. The third-order valence-electron chi connectivity index (χ3n) is 3.32. The van der Waals surface area contributed by atoms with Crippen LogP contribution in [-0.2, 0) is 0 Å². The molecular formula is C15H23N3O. The maximum Gasteiger partial charge on any atom is 0.251 e. The van der Waals surface area contributed by atoms with E-state index >= 15 is 0 Å². The van der Waals surface area contributed by atoms with E-state index in [-0.39, 0.29) is 5.91 Å². The summed E-state index contributed by atoms with van der Waals surface area (Å²) in [5.41, 5.74) is 8.17. The SMILES string of the molecule is CCCCCNc1ccc(C(=O)NC2CC2)cc1N. The molecule has 4 heteroatoms. The molecule has 0 radical (unpaired) electrons. The number of unbranched alkanes of at least 4 members (excludes halogenated alkanes) is 2. The monoisotopic (exact) mass is 261 g/mol. The van der Waals surface area contributed by atoms with Gasteiger partial charge in [0, 0.05) is 18.2 Å². The fraction of sp³-hybridized carbons (Fsp3) is 0.533. The summed E-state index contributed by atoms with van der Waals surface area (Å²) in [5, 5.41) is 6.27. The standard InChI is InChI=1S/C15H23N3O/c1-2-3-4-9-17-14-8-5-11(10-13(14)16)15(19)18-12-6-7-12/h5,8,10,12,17H,2-4,6-7,9,16H2,1H3,(H,18,19). The topological polar surface area (TPSA) is 67.2 Å². The van der Waals surface area contributed by atoms with Crippen molar-refractivity contribution in [2.75, 3.05) is 17.6 Å². The van der Waals surface area contributed by atoms with Gasteiger partial charge < -0.3 is 16.4 Å². The van der Waals surface area contributed by atoms with Gasteiger partial charge in [0.05, 0.1) is 11.4 Å². The third kappa shape index (κ3) is 4.16. The number of anilines is 2. The van der Waals surface area contributed by atoms with E-state index in [4.69, 9.17) is 5.73 Å². The number of hydrogen-bond acceptors (Lipinski definition) is 3. The summed E-state index contributed by atoms with van der Waals surface area (Å²) in [6.45, 7) is 3.10. The second kappa shape index (κ2) is 6.45. The van der Waals surface area contributed by atoms with E-state index in [1.165, 1.54) is 12.8 Å². The van der Waals surface area contributed by atoms with Gasteiger partial charge in [-0.15, -0.1) is 0 Å². The van der Waals surface area contributed by atoms with Crippen LogP contribution in [-0.4, -0.2) is 18.5 Å². The van der Waals surface area contributed by atoms with E-state index in [1.807, 2.05) is 12.1 Å². The van der Waals surface area contributed by atoms with Gasteiger partial charge in [0.2, 0.25) is 0 Å². The Balaban J connectivity index is 1.90. The van der Waals surface area contributed by atoms with Gasteiger partial charge in [-0.1, -0.05) is 19.8 Å². The zero-order valence-electron chi connectivity index (χ0n) is 11.5. The lowest BCUT2D eigenvalue weighted by molar-refractivity contribution is 0.0951. The Morgan fingerprint density at radius 2 is 2.16 bits per heavy atom. The fourth-order valence-electron chi connectivity index (χ4n) is 1.96. The van der Waals surface area contributed by atoms with Gasteiger partial charge in [-0.25, -0.2) is 0 Å². The van der Waals surface area contributed by atoms with Crippen LogP contribution in [0.3, 0.4) is 0 Å². The minimum atomic E-state index is -0.0215. The van der Waals surface area contributed by atoms with Gasteiger partial charge in [0.1, 0.15) is 0 Å². The van der Waals surface area contributed by atoms with Crippen LogP contribution in [0.15, 0.2) is 18.2 Å². The van der Waals surface area contributed by atoms with Gasteiger partial charge in [-0.05, 0) is 37.5 Å². The zero-order valence-corrected chi connectivity index (χ0v) is 11.5. The second-order valence-electron chi connectivity index (χ2n) is 5.18. The molecule has 0 bridgehead atoms. The first-order valence-corrected chi connectivity index (χ1v) is 7.15. The minimum absolute atomic E-state index is 0.0215. The summed E-state index contributed by atoms with van der Waals surface area (Å²) >= 11 is 0. The van der Waals surface area contributed by atoms with Gasteiger partial charge >= 0.3 is 0 Å². The molecule has 1 aromatic rings. The van der Waals surface area contributed by atoms with Crippen molar-refractivity contribution in [3.63, 3.8) is 0 Å². The summed E-state index contributed by atoms with van der Waals surface area (Å²) in [6.07, 6.45) is 5.75. The van der Waals surface area contributed by atoms with Crippen molar-refractivity contribution in [3.05, 3.63) is 23.8 Å². The maximum atomic E-state index is 11.9. The smallest absolute Gasteiger partial charge is 0.251 e. The Morgan fingerprint density at radius 3 is 2.79 bits per heavy atom. The lowest BCUT2D eigenvalue weighted by Gasteiger charge is -2.11. The minimum Gasteiger partial charge on any atom is -0.397 e. The average Bonchev–Trinajstić information content (AvgIpc) is 3.20. The van der Waals surface area contributed by atoms with Crippen molar-refractivity contribution in [1.82, 2.24) is 5.32 Å². The van der Waals surface area contributed by atoms with Crippen molar-refractivity contribution in [2.45, 2.75) is 45.1 Å². The van der Waals surface area contributed by atoms with E-state index in [9.17, 15) is 4.79 Å². The van der Waals surface area contributed by atoms with Crippen LogP contribution in [0.2, 0.25) is 0 Å². The highest BCUT2D eigenvalue weighted by molar-refractivity contribution is 5.96. The number of nitrogen functional groups attached to an aromatic ring is 1. The van der Waals surface area contributed by atoms with Crippen LogP contribution in [0.1, 0.15) is 49.4 Å². The van der Waals surface area contributed by atoms with Crippen LogP contribution in [0.4, 0.5) is 11.4 Å². The normalized spacial score (nSPS) is 14.2. The molecule has 1 amide bonds. The largest absolute Gasteiger partial charge is 0.397 e. The predicted molar refractivity (Wildman–Crippen MR) is 79.4 cm³/mol. The Bertz CT molecular complexity index is 441. The quantitative estimate of drug-likeness (QED) is 0.522. The van der Waals surface area contributed by atoms with E-state index in [0.717, 1.165) is 31.5 Å². The first kappa shape index (κ1) is 13.7. The average molecular weight is 261 g/mol. The van der Waals surface area contributed by atoms with Crippen LogP contribution in [0.5, 0.6) is 0 Å². The lowest BCUT2D eigenvalue weighted by atomic mass is 10.1.